The van der Waals surface area contributed by atoms with Gasteiger partial charge in [0.1, 0.15) is 0 Å². The third-order valence-corrected chi connectivity index (χ3v) is 17.5. The number of hydrogen-bond donors (Lipinski definition) is 0. The Labute approximate surface area is 66.2 Å². The molecule has 3 rings (SSSR count). The molecule has 2 saturated carbocycles. The van der Waals surface area contributed by atoms with Crippen LogP contribution < -0.4 is 0 Å². The minimum Gasteiger partial charge on any atom is -0.0665 e. The zero-order chi connectivity index (χ0) is 6.55. The average Bonchev–Trinajstić information content (AvgIpc) is 2.51. The minimum absolute atomic E-state index is 0.0248. The van der Waals surface area contributed by atoms with E-state index in [4.69, 9.17) is 0 Å². The lowest BCUT2D eigenvalue weighted by atomic mass is 11.0. The van der Waals surface area contributed by atoms with E-state index in [2.05, 4.69) is 0 Å². The van der Waals surface area contributed by atoms with Crippen molar-refractivity contribution in [2.45, 2.75) is 48.1 Å². The Morgan fingerprint density at radius 2 is 1.10 bits per heavy atom. The molecule has 3 aliphatic rings. The van der Waals surface area contributed by atoms with E-state index in [1.54, 1.807) is 25.7 Å². The molecule has 3 fully saturated rings. The highest BCUT2D eigenvalue weighted by atomic mass is 28.4. The van der Waals surface area contributed by atoms with Gasteiger partial charge < -0.3 is 0 Å². The Balaban J connectivity index is 1.51. The van der Waals surface area contributed by atoms with Gasteiger partial charge in [0, 0.05) is 17.6 Å². The lowest BCUT2D eigenvalue weighted by Crippen LogP contribution is -2.40. The van der Waals surface area contributed by atoms with Crippen molar-refractivity contribution in [1.29, 1.82) is 0 Å². The molecule has 2 heteroatoms. The molecular formula is C8H16Si2. The van der Waals surface area contributed by atoms with Gasteiger partial charge in [0.05, 0.1) is 0 Å². The van der Waals surface area contributed by atoms with E-state index >= 15 is 0 Å². The largest absolute Gasteiger partial charge is 0.0665 e. The Kier molecular flexibility index (Phi) is 1.19. The fraction of sp³-hybridized carbons (Fsp3) is 1.00. The highest BCUT2D eigenvalue weighted by Gasteiger charge is 2.47. The molecular weight excluding hydrogens is 152 g/mol. The molecule has 0 amide bonds. The van der Waals surface area contributed by atoms with Crippen molar-refractivity contribution >= 4 is 17.6 Å². The minimum atomic E-state index is 0.0248. The van der Waals surface area contributed by atoms with E-state index in [1.807, 2.05) is 11.3 Å². The van der Waals surface area contributed by atoms with Crippen molar-refractivity contribution in [3.8, 4) is 0 Å². The third-order valence-electron chi connectivity index (χ3n) is 3.79. The van der Waals surface area contributed by atoms with Gasteiger partial charge in [0.15, 0.2) is 0 Å². The summed E-state index contributed by atoms with van der Waals surface area (Å²) in [5.41, 5.74) is 6.55. The molecule has 0 aromatic rings. The molecule has 2 aliphatic carbocycles. The van der Waals surface area contributed by atoms with Crippen LogP contribution in [0.3, 0.4) is 0 Å². The molecule has 0 unspecified atom stereocenters. The van der Waals surface area contributed by atoms with Crippen LogP contribution in [0.2, 0.25) is 22.4 Å². The van der Waals surface area contributed by atoms with Crippen LogP contribution in [-0.2, 0) is 0 Å². The van der Waals surface area contributed by atoms with Gasteiger partial charge in [-0.25, -0.2) is 0 Å². The van der Waals surface area contributed by atoms with Crippen LogP contribution in [0.25, 0.3) is 0 Å². The van der Waals surface area contributed by atoms with Gasteiger partial charge in [-0.1, -0.05) is 37.0 Å². The van der Waals surface area contributed by atoms with Gasteiger partial charge in [0.2, 0.25) is 0 Å². The van der Waals surface area contributed by atoms with Crippen LogP contribution in [-0.4, -0.2) is 17.6 Å². The van der Waals surface area contributed by atoms with Crippen LogP contribution in [0.4, 0.5) is 0 Å². The van der Waals surface area contributed by atoms with Crippen molar-refractivity contribution in [1.82, 2.24) is 0 Å². The third kappa shape index (κ3) is 0.926. The van der Waals surface area contributed by atoms with Gasteiger partial charge in [-0.2, -0.15) is 0 Å². The molecule has 10 heavy (non-hydrogen) atoms. The second-order valence-electron chi connectivity index (χ2n) is 4.67. The number of hydrogen-bond acceptors (Lipinski definition) is 0. The van der Waals surface area contributed by atoms with Crippen LogP contribution in [0.5, 0.6) is 0 Å². The van der Waals surface area contributed by atoms with Gasteiger partial charge in [0.25, 0.3) is 0 Å². The molecule has 1 aliphatic heterocycles. The maximum absolute atomic E-state index is 1.90. The van der Waals surface area contributed by atoms with E-state index in [9.17, 15) is 0 Å². The van der Waals surface area contributed by atoms with Gasteiger partial charge in [-0.3, -0.25) is 0 Å². The van der Waals surface area contributed by atoms with E-state index in [-0.39, 0.29) is 17.6 Å². The van der Waals surface area contributed by atoms with E-state index < -0.39 is 0 Å². The quantitative estimate of drug-likeness (QED) is 0.552. The predicted molar refractivity (Wildman–Crippen MR) is 49.9 cm³/mol. The zero-order valence-corrected chi connectivity index (χ0v) is 8.86. The lowest BCUT2D eigenvalue weighted by Gasteiger charge is -2.33. The highest BCUT2D eigenvalue weighted by molar-refractivity contribution is 6.96. The molecule has 0 bridgehead atoms. The van der Waals surface area contributed by atoms with Crippen LogP contribution in [0.15, 0.2) is 0 Å². The summed E-state index contributed by atoms with van der Waals surface area (Å²) in [6, 6.07) is 0. The van der Waals surface area contributed by atoms with Gasteiger partial charge in [-0.15, -0.1) is 0 Å². The summed E-state index contributed by atoms with van der Waals surface area (Å²) >= 11 is 0. The molecule has 0 N–H and O–H groups in total. The first kappa shape index (κ1) is 6.01. The Bertz CT molecular complexity index is 127. The summed E-state index contributed by atoms with van der Waals surface area (Å²) in [5, 5.41) is 0. The topological polar surface area (TPSA) is 0 Å². The smallest absolute Gasteiger partial charge is 0.0341 e. The fourth-order valence-corrected chi connectivity index (χ4v) is 16.7. The number of rotatable bonds is 2. The monoisotopic (exact) mass is 168 g/mol. The summed E-state index contributed by atoms with van der Waals surface area (Å²) in [7, 11) is 0.0496. The van der Waals surface area contributed by atoms with Crippen molar-refractivity contribution in [3.05, 3.63) is 0 Å². The van der Waals surface area contributed by atoms with E-state index in [0.29, 0.717) is 0 Å². The molecule has 56 valence electrons. The normalized spacial score (nSPS) is 46.8. The Hall–Kier alpha value is 0.434. The van der Waals surface area contributed by atoms with Crippen molar-refractivity contribution in [2.75, 3.05) is 0 Å². The first-order chi connectivity index (χ1) is 4.93. The Morgan fingerprint density at radius 3 is 1.40 bits per heavy atom. The molecule has 0 spiro atoms. The van der Waals surface area contributed by atoms with E-state index in [0.717, 1.165) is 0 Å². The average molecular weight is 168 g/mol. The molecule has 0 nitrogen and oxygen atoms in total. The molecule has 0 atom stereocenters. The van der Waals surface area contributed by atoms with Crippen LogP contribution >= 0.6 is 0 Å². The SMILES string of the molecule is C1CC1[SiH]1C[SiH](C2CC2)C1. The van der Waals surface area contributed by atoms with E-state index in [1.165, 1.54) is 11.1 Å². The molecule has 0 aromatic heterocycles. The summed E-state index contributed by atoms with van der Waals surface area (Å²) < 4.78 is 0. The molecule has 0 aromatic carbocycles. The second-order valence-corrected chi connectivity index (χ2v) is 13.4. The lowest BCUT2D eigenvalue weighted by molar-refractivity contribution is 1.24. The molecule has 1 heterocycles. The maximum Gasteiger partial charge on any atom is 0.0341 e. The van der Waals surface area contributed by atoms with Crippen LogP contribution in [0.1, 0.15) is 25.7 Å². The summed E-state index contributed by atoms with van der Waals surface area (Å²) in [6.07, 6.45) is 6.62. The summed E-state index contributed by atoms with van der Waals surface area (Å²) in [4.78, 5) is 0. The first-order valence-electron chi connectivity index (χ1n) is 4.93. The summed E-state index contributed by atoms with van der Waals surface area (Å²) in [6.45, 7) is 0. The van der Waals surface area contributed by atoms with Crippen molar-refractivity contribution in [2.24, 2.45) is 0 Å². The fourth-order valence-electron chi connectivity index (χ4n) is 2.61. The van der Waals surface area contributed by atoms with Gasteiger partial charge >= 0.3 is 0 Å². The zero-order valence-electron chi connectivity index (χ0n) is 6.55. The standard InChI is InChI=1S/C8H16Si2/c1-2-7(1)9-5-10(6-9)8-3-4-8/h7-10H,1-6H2. The predicted octanol–water partition coefficient (Wildman–Crippen LogP) is 1.86. The van der Waals surface area contributed by atoms with Gasteiger partial charge in [-0.05, 0) is 11.1 Å². The Morgan fingerprint density at radius 1 is 0.700 bits per heavy atom. The molecule has 0 radical (unpaired) electrons. The van der Waals surface area contributed by atoms with Crippen molar-refractivity contribution < 1.29 is 0 Å². The molecule has 1 saturated heterocycles. The van der Waals surface area contributed by atoms with Crippen molar-refractivity contribution in [3.63, 3.8) is 0 Å². The maximum atomic E-state index is 1.90. The second kappa shape index (κ2) is 1.97. The highest BCUT2D eigenvalue weighted by Crippen LogP contribution is 2.53. The summed E-state index contributed by atoms with van der Waals surface area (Å²) in [5.74, 6) is 0. The first-order valence-corrected chi connectivity index (χ1v) is 9.53. The van der Waals surface area contributed by atoms with Crippen LogP contribution in [0, 0.1) is 0 Å².